The SMILES string of the molecule is CNC(=O)c1cccc(CNC(=O)C2(c3cccc(C(F)(F)F)c3)CCCC2)c1. The first kappa shape index (κ1) is 20.9. The zero-order valence-electron chi connectivity index (χ0n) is 16.1. The Kier molecular flexibility index (Phi) is 5.96. The van der Waals surface area contributed by atoms with Gasteiger partial charge in [-0.15, -0.1) is 0 Å². The van der Waals surface area contributed by atoms with Crippen molar-refractivity contribution in [3.63, 3.8) is 0 Å². The van der Waals surface area contributed by atoms with Gasteiger partial charge in [0.1, 0.15) is 0 Å². The minimum Gasteiger partial charge on any atom is -0.355 e. The Labute approximate surface area is 167 Å². The van der Waals surface area contributed by atoms with Crippen molar-refractivity contribution in [1.82, 2.24) is 10.6 Å². The highest BCUT2D eigenvalue weighted by Crippen LogP contribution is 2.43. The quantitative estimate of drug-likeness (QED) is 0.785. The van der Waals surface area contributed by atoms with Crippen LogP contribution < -0.4 is 10.6 Å². The van der Waals surface area contributed by atoms with Gasteiger partial charge in [-0.05, 0) is 42.2 Å². The second-order valence-corrected chi connectivity index (χ2v) is 7.33. The van der Waals surface area contributed by atoms with E-state index in [4.69, 9.17) is 0 Å². The predicted octanol–water partition coefficient (Wildman–Crippen LogP) is 4.19. The third-order valence-corrected chi connectivity index (χ3v) is 5.50. The molecule has 4 nitrogen and oxygen atoms in total. The van der Waals surface area contributed by atoms with Gasteiger partial charge in [0.05, 0.1) is 11.0 Å². The van der Waals surface area contributed by atoms with Crippen molar-refractivity contribution >= 4 is 11.8 Å². The topological polar surface area (TPSA) is 58.2 Å². The molecule has 2 aromatic rings. The monoisotopic (exact) mass is 404 g/mol. The fraction of sp³-hybridized carbons (Fsp3) is 0.364. The maximum atomic E-state index is 13.1. The van der Waals surface area contributed by atoms with E-state index >= 15 is 0 Å². The van der Waals surface area contributed by atoms with Crippen LogP contribution in [-0.2, 0) is 22.9 Å². The average molecular weight is 404 g/mol. The summed E-state index contributed by atoms with van der Waals surface area (Å²) in [5, 5.41) is 5.42. The standard InChI is InChI=1S/C22H23F3N2O2/c1-26-19(28)16-7-4-6-15(12-16)14-27-20(29)21(10-2-3-11-21)17-8-5-9-18(13-17)22(23,24)25/h4-9,12-13H,2-3,10-11,14H2,1H3,(H,26,28)(H,27,29). The van der Waals surface area contributed by atoms with Gasteiger partial charge in [-0.1, -0.05) is 43.2 Å². The Bertz CT molecular complexity index is 903. The number of nitrogens with one attached hydrogen (secondary N) is 2. The number of amides is 2. The molecule has 0 aromatic heterocycles. The number of benzene rings is 2. The molecule has 2 N–H and O–H groups in total. The summed E-state index contributed by atoms with van der Waals surface area (Å²) < 4.78 is 39.4. The molecule has 2 aromatic carbocycles. The average Bonchev–Trinajstić information content (AvgIpc) is 3.22. The molecule has 0 spiro atoms. The molecule has 1 aliphatic carbocycles. The van der Waals surface area contributed by atoms with E-state index in [1.165, 1.54) is 13.1 Å². The van der Waals surface area contributed by atoms with Crippen molar-refractivity contribution < 1.29 is 22.8 Å². The highest BCUT2D eigenvalue weighted by Gasteiger charge is 2.43. The minimum absolute atomic E-state index is 0.199. The van der Waals surface area contributed by atoms with Gasteiger partial charge >= 0.3 is 6.18 Å². The molecule has 154 valence electrons. The van der Waals surface area contributed by atoms with Gasteiger partial charge in [0.15, 0.2) is 0 Å². The van der Waals surface area contributed by atoms with Crippen LogP contribution in [0.25, 0.3) is 0 Å². The van der Waals surface area contributed by atoms with E-state index in [0.717, 1.165) is 30.5 Å². The summed E-state index contributed by atoms with van der Waals surface area (Å²) in [7, 11) is 1.54. The van der Waals surface area contributed by atoms with Crippen LogP contribution in [0, 0.1) is 0 Å². The van der Waals surface area contributed by atoms with Crippen LogP contribution in [0.5, 0.6) is 0 Å². The third-order valence-electron chi connectivity index (χ3n) is 5.50. The van der Waals surface area contributed by atoms with Gasteiger partial charge < -0.3 is 10.6 Å². The van der Waals surface area contributed by atoms with Crippen LogP contribution in [-0.4, -0.2) is 18.9 Å². The predicted molar refractivity (Wildman–Crippen MR) is 103 cm³/mol. The summed E-state index contributed by atoms with van der Waals surface area (Å²) in [5.41, 5.74) is -0.0715. The Balaban J connectivity index is 1.81. The summed E-state index contributed by atoms with van der Waals surface area (Å²) in [6, 6.07) is 12.0. The summed E-state index contributed by atoms with van der Waals surface area (Å²) in [6.45, 7) is 0.199. The zero-order valence-corrected chi connectivity index (χ0v) is 16.1. The summed E-state index contributed by atoms with van der Waals surface area (Å²) in [6.07, 6.45) is -1.85. The fourth-order valence-electron chi connectivity index (χ4n) is 3.94. The summed E-state index contributed by atoms with van der Waals surface area (Å²) in [5.74, 6) is -0.505. The van der Waals surface area contributed by atoms with Crippen molar-refractivity contribution in [2.24, 2.45) is 0 Å². The number of hydrogen-bond acceptors (Lipinski definition) is 2. The largest absolute Gasteiger partial charge is 0.416 e. The second-order valence-electron chi connectivity index (χ2n) is 7.33. The van der Waals surface area contributed by atoms with E-state index in [1.54, 1.807) is 30.3 Å². The van der Waals surface area contributed by atoms with E-state index in [2.05, 4.69) is 10.6 Å². The van der Waals surface area contributed by atoms with E-state index in [9.17, 15) is 22.8 Å². The van der Waals surface area contributed by atoms with Crippen LogP contribution in [0.2, 0.25) is 0 Å². The Hall–Kier alpha value is -2.83. The molecule has 29 heavy (non-hydrogen) atoms. The number of rotatable bonds is 5. The first-order chi connectivity index (χ1) is 13.8. The summed E-state index contributed by atoms with van der Waals surface area (Å²) in [4.78, 5) is 24.9. The molecule has 0 aliphatic heterocycles. The van der Waals surface area contributed by atoms with E-state index < -0.39 is 17.2 Å². The van der Waals surface area contributed by atoms with Crippen LogP contribution in [0.1, 0.15) is 52.7 Å². The molecule has 7 heteroatoms. The third kappa shape index (κ3) is 4.44. The molecular weight excluding hydrogens is 381 g/mol. The molecule has 1 saturated carbocycles. The number of hydrogen-bond donors (Lipinski definition) is 2. The number of carbonyl (C=O) groups is 2. The van der Waals surface area contributed by atoms with E-state index in [-0.39, 0.29) is 18.4 Å². The highest BCUT2D eigenvalue weighted by molar-refractivity contribution is 5.94. The summed E-state index contributed by atoms with van der Waals surface area (Å²) >= 11 is 0. The lowest BCUT2D eigenvalue weighted by atomic mass is 9.77. The maximum Gasteiger partial charge on any atom is 0.416 e. The molecular formula is C22H23F3N2O2. The number of halogens is 3. The van der Waals surface area contributed by atoms with Gasteiger partial charge in [0.2, 0.25) is 5.91 Å². The van der Waals surface area contributed by atoms with Gasteiger partial charge in [-0.25, -0.2) is 0 Å². The first-order valence-electron chi connectivity index (χ1n) is 9.53. The van der Waals surface area contributed by atoms with Crippen LogP contribution >= 0.6 is 0 Å². The lowest BCUT2D eigenvalue weighted by molar-refractivity contribution is -0.138. The molecule has 2 amide bonds. The van der Waals surface area contributed by atoms with Crippen molar-refractivity contribution in [2.45, 2.75) is 43.8 Å². The van der Waals surface area contributed by atoms with Crippen molar-refractivity contribution in [3.05, 3.63) is 70.8 Å². The molecule has 0 atom stereocenters. The lowest BCUT2D eigenvalue weighted by Gasteiger charge is -2.29. The van der Waals surface area contributed by atoms with Crippen LogP contribution in [0.15, 0.2) is 48.5 Å². The smallest absolute Gasteiger partial charge is 0.355 e. The van der Waals surface area contributed by atoms with Gasteiger partial charge in [0.25, 0.3) is 5.91 Å². The number of carbonyl (C=O) groups excluding carboxylic acids is 2. The van der Waals surface area contributed by atoms with E-state index in [1.807, 2.05) is 0 Å². The Morgan fingerprint density at radius 2 is 1.72 bits per heavy atom. The fourth-order valence-corrected chi connectivity index (χ4v) is 3.94. The van der Waals surface area contributed by atoms with Crippen LogP contribution in [0.4, 0.5) is 13.2 Å². The Morgan fingerprint density at radius 1 is 1.03 bits per heavy atom. The highest BCUT2D eigenvalue weighted by atomic mass is 19.4. The molecule has 0 saturated heterocycles. The first-order valence-corrected chi connectivity index (χ1v) is 9.53. The van der Waals surface area contributed by atoms with Crippen molar-refractivity contribution in [1.29, 1.82) is 0 Å². The molecule has 0 unspecified atom stereocenters. The molecule has 0 radical (unpaired) electrons. The normalized spacial score (nSPS) is 15.7. The van der Waals surface area contributed by atoms with Gasteiger partial charge in [0, 0.05) is 19.2 Å². The molecule has 0 bridgehead atoms. The lowest BCUT2D eigenvalue weighted by Crippen LogP contribution is -2.42. The van der Waals surface area contributed by atoms with Crippen LogP contribution in [0.3, 0.4) is 0 Å². The van der Waals surface area contributed by atoms with Crippen molar-refractivity contribution in [3.8, 4) is 0 Å². The van der Waals surface area contributed by atoms with E-state index in [0.29, 0.717) is 24.0 Å². The molecule has 1 aliphatic rings. The van der Waals surface area contributed by atoms with Gasteiger partial charge in [-0.3, -0.25) is 9.59 Å². The van der Waals surface area contributed by atoms with Gasteiger partial charge in [-0.2, -0.15) is 13.2 Å². The number of alkyl halides is 3. The molecule has 0 heterocycles. The zero-order chi connectivity index (χ0) is 21.1. The minimum atomic E-state index is -4.45. The molecule has 1 fully saturated rings. The maximum absolute atomic E-state index is 13.1. The second kappa shape index (κ2) is 8.27. The van der Waals surface area contributed by atoms with Crippen molar-refractivity contribution in [2.75, 3.05) is 7.05 Å². The molecule has 3 rings (SSSR count). The Morgan fingerprint density at radius 3 is 2.38 bits per heavy atom.